The Labute approximate surface area is 245 Å². The van der Waals surface area contributed by atoms with Gasteiger partial charge >= 0.3 is 12.1 Å². The molecule has 42 heavy (non-hydrogen) atoms. The van der Waals surface area contributed by atoms with E-state index in [1.165, 1.54) is 7.11 Å². The summed E-state index contributed by atoms with van der Waals surface area (Å²) in [5, 5.41) is 13.6. The van der Waals surface area contributed by atoms with Gasteiger partial charge in [0.1, 0.15) is 23.6 Å². The Morgan fingerprint density at radius 3 is 2.55 bits per heavy atom. The van der Waals surface area contributed by atoms with Gasteiger partial charge in [-0.3, -0.25) is 9.59 Å². The van der Waals surface area contributed by atoms with Crippen molar-refractivity contribution < 1.29 is 33.7 Å². The summed E-state index contributed by atoms with van der Waals surface area (Å²) in [4.78, 5) is 54.7. The van der Waals surface area contributed by atoms with Gasteiger partial charge < -0.3 is 34.5 Å². The van der Waals surface area contributed by atoms with Crippen LogP contribution < -0.4 is 15.6 Å². The summed E-state index contributed by atoms with van der Waals surface area (Å²) in [5.74, 6) is -0.135. The standard InChI is InChI=1S/C31H43N3O8/c1-31(2,13-7-11-20-15-21-22(16-25(20)40-3)32-26(36)17-24(21)35)18-42-30(39)33-27(19-9-5-6-10-19)28(37)34-14-8-12-23(34)29(38)41-4/h15-17,19,23,27H,5-14,18H2,1-4H3,(H,33,39)(H2,32,35,36)/t23?,27-/m0/s1. The van der Waals surface area contributed by atoms with E-state index in [0.29, 0.717) is 42.5 Å². The molecule has 0 bridgehead atoms. The highest BCUT2D eigenvalue weighted by molar-refractivity contribution is 5.90. The van der Waals surface area contributed by atoms with E-state index in [1.54, 1.807) is 18.1 Å². The number of nitrogens with one attached hydrogen (secondary N) is 2. The van der Waals surface area contributed by atoms with Crippen LogP contribution in [0.1, 0.15) is 70.8 Å². The number of likely N-dealkylation sites (tertiary alicyclic amines) is 1. The number of pyridine rings is 1. The summed E-state index contributed by atoms with van der Waals surface area (Å²) < 4.78 is 16.1. The van der Waals surface area contributed by atoms with Crippen LogP contribution in [-0.2, 0) is 25.5 Å². The van der Waals surface area contributed by atoms with Gasteiger partial charge in [-0.1, -0.05) is 26.7 Å². The Bertz CT molecular complexity index is 1350. The van der Waals surface area contributed by atoms with Crippen LogP contribution in [0, 0.1) is 11.3 Å². The van der Waals surface area contributed by atoms with E-state index in [-0.39, 0.29) is 35.2 Å². The monoisotopic (exact) mass is 585 g/mol. The quantitative estimate of drug-likeness (QED) is 0.335. The second-order valence-corrected chi connectivity index (χ2v) is 12.2. The highest BCUT2D eigenvalue weighted by Gasteiger charge is 2.41. The topological polar surface area (TPSA) is 147 Å². The van der Waals surface area contributed by atoms with Crippen molar-refractivity contribution in [3.8, 4) is 11.5 Å². The fraction of sp³-hybridized carbons (Fsp3) is 0.613. The summed E-state index contributed by atoms with van der Waals surface area (Å²) in [5.41, 5.74) is 0.667. The summed E-state index contributed by atoms with van der Waals surface area (Å²) in [7, 11) is 2.88. The van der Waals surface area contributed by atoms with Gasteiger partial charge in [0.05, 0.1) is 26.3 Å². The summed E-state index contributed by atoms with van der Waals surface area (Å²) in [6, 6.07) is 3.33. The molecule has 2 heterocycles. The first kappa shape index (κ1) is 31.2. The number of methoxy groups -OCH3 is 2. The molecule has 2 amide bonds. The second-order valence-electron chi connectivity index (χ2n) is 12.2. The number of amides is 2. The third-order valence-electron chi connectivity index (χ3n) is 8.54. The fourth-order valence-electron chi connectivity index (χ4n) is 6.22. The molecule has 1 aliphatic carbocycles. The molecule has 11 heteroatoms. The summed E-state index contributed by atoms with van der Waals surface area (Å²) >= 11 is 0. The minimum absolute atomic E-state index is 0.00570. The van der Waals surface area contributed by atoms with Crippen LogP contribution >= 0.6 is 0 Å². The zero-order chi connectivity index (χ0) is 30.4. The van der Waals surface area contributed by atoms with Crippen LogP contribution in [-0.4, -0.2) is 72.4 Å². The van der Waals surface area contributed by atoms with Crippen molar-refractivity contribution >= 4 is 28.9 Å². The first-order chi connectivity index (χ1) is 20.0. The Kier molecular flexibility index (Phi) is 10.0. The summed E-state index contributed by atoms with van der Waals surface area (Å²) in [6.07, 6.45) is 6.46. The molecule has 0 radical (unpaired) electrons. The molecular weight excluding hydrogens is 542 g/mol. The predicted octanol–water partition coefficient (Wildman–Crippen LogP) is 4.04. The maximum atomic E-state index is 13.6. The lowest BCUT2D eigenvalue weighted by Gasteiger charge is -2.31. The number of aromatic hydroxyl groups is 1. The first-order valence-corrected chi connectivity index (χ1v) is 14.8. The number of aryl methyl sites for hydroxylation is 1. The van der Waals surface area contributed by atoms with Gasteiger partial charge in [0.2, 0.25) is 5.91 Å². The maximum Gasteiger partial charge on any atom is 0.407 e. The molecule has 1 unspecified atom stereocenters. The lowest BCUT2D eigenvalue weighted by Crippen LogP contribution is -2.54. The van der Waals surface area contributed by atoms with E-state index in [2.05, 4.69) is 10.3 Å². The first-order valence-electron chi connectivity index (χ1n) is 14.8. The largest absolute Gasteiger partial charge is 0.507 e. The lowest BCUT2D eigenvalue weighted by molar-refractivity contribution is -0.152. The molecular formula is C31H43N3O8. The van der Waals surface area contributed by atoms with E-state index in [9.17, 15) is 24.3 Å². The van der Waals surface area contributed by atoms with E-state index in [4.69, 9.17) is 14.2 Å². The van der Waals surface area contributed by atoms with Gasteiger partial charge in [-0.15, -0.1) is 0 Å². The lowest BCUT2D eigenvalue weighted by atomic mass is 9.87. The number of rotatable bonds is 11. The van der Waals surface area contributed by atoms with Crippen molar-refractivity contribution in [3.63, 3.8) is 0 Å². The molecule has 4 rings (SSSR count). The average Bonchev–Trinajstić information content (AvgIpc) is 3.67. The van der Waals surface area contributed by atoms with Gasteiger partial charge in [-0.2, -0.15) is 0 Å². The number of benzene rings is 1. The van der Waals surface area contributed by atoms with Crippen LogP contribution in [0.3, 0.4) is 0 Å². The van der Waals surface area contributed by atoms with Crippen LogP contribution in [0.4, 0.5) is 4.79 Å². The van der Waals surface area contributed by atoms with E-state index in [0.717, 1.165) is 50.2 Å². The minimum atomic E-state index is -0.736. The Morgan fingerprint density at radius 2 is 1.86 bits per heavy atom. The third-order valence-corrected chi connectivity index (χ3v) is 8.54. The Hall–Kier alpha value is -3.76. The molecule has 0 spiro atoms. The summed E-state index contributed by atoms with van der Waals surface area (Å²) in [6.45, 7) is 4.65. The van der Waals surface area contributed by atoms with Crippen LogP contribution in [0.25, 0.3) is 10.9 Å². The maximum absolute atomic E-state index is 13.6. The minimum Gasteiger partial charge on any atom is -0.507 e. The number of H-pyrrole nitrogens is 1. The molecule has 1 saturated heterocycles. The van der Waals surface area contributed by atoms with E-state index < -0.39 is 24.1 Å². The van der Waals surface area contributed by atoms with Crippen LogP contribution in [0.2, 0.25) is 0 Å². The molecule has 1 aromatic carbocycles. The number of ether oxygens (including phenoxy) is 3. The number of hydrogen-bond acceptors (Lipinski definition) is 8. The van der Waals surface area contributed by atoms with Gasteiger partial charge in [0.25, 0.3) is 5.56 Å². The molecule has 2 aliphatic rings. The SMILES string of the molecule is COC(=O)C1CCCN1C(=O)[C@@H](NC(=O)OCC(C)(C)CCCc1cc2c(O)cc(=O)[nH]c2cc1OC)C1CCCC1. The van der Waals surface area contributed by atoms with Crippen molar-refractivity contribution in [2.75, 3.05) is 27.4 Å². The van der Waals surface area contributed by atoms with Crippen molar-refractivity contribution in [2.45, 2.75) is 83.7 Å². The molecule has 11 nitrogen and oxygen atoms in total. The van der Waals surface area contributed by atoms with Gasteiger partial charge in [0.15, 0.2) is 0 Å². The van der Waals surface area contributed by atoms with E-state index in [1.807, 2.05) is 19.9 Å². The number of carbonyl (C=O) groups is 3. The highest BCUT2D eigenvalue weighted by Crippen LogP contribution is 2.33. The fourth-order valence-corrected chi connectivity index (χ4v) is 6.22. The van der Waals surface area contributed by atoms with Crippen LogP contribution in [0.15, 0.2) is 23.0 Å². The number of hydrogen-bond donors (Lipinski definition) is 3. The molecule has 1 aliphatic heterocycles. The molecule has 2 aromatic rings. The molecule has 1 saturated carbocycles. The molecule has 230 valence electrons. The number of esters is 1. The zero-order valence-corrected chi connectivity index (χ0v) is 25.0. The van der Waals surface area contributed by atoms with Crippen molar-refractivity contribution in [2.24, 2.45) is 11.3 Å². The number of alkyl carbamates (subject to hydrolysis) is 1. The highest BCUT2D eigenvalue weighted by atomic mass is 16.5. The third kappa shape index (κ3) is 7.35. The van der Waals surface area contributed by atoms with Crippen LogP contribution in [0.5, 0.6) is 11.5 Å². The predicted molar refractivity (Wildman–Crippen MR) is 156 cm³/mol. The Morgan fingerprint density at radius 1 is 1.12 bits per heavy atom. The van der Waals surface area contributed by atoms with Crippen molar-refractivity contribution in [1.29, 1.82) is 0 Å². The van der Waals surface area contributed by atoms with Crippen molar-refractivity contribution in [1.82, 2.24) is 15.2 Å². The zero-order valence-electron chi connectivity index (χ0n) is 25.0. The average molecular weight is 586 g/mol. The molecule has 3 N–H and O–H groups in total. The van der Waals surface area contributed by atoms with Gasteiger partial charge in [-0.25, -0.2) is 9.59 Å². The number of aromatic amines is 1. The Balaban J connectivity index is 1.34. The normalized spacial score (nSPS) is 18.2. The molecule has 2 atom stereocenters. The van der Waals surface area contributed by atoms with Gasteiger partial charge in [0, 0.05) is 24.1 Å². The van der Waals surface area contributed by atoms with Gasteiger partial charge in [-0.05, 0) is 67.9 Å². The van der Waals surface area contributed by atoms with Crippen molar-refractivity contribution in [3.05, 3.63) is 34.1 Å². The molecule has 2 fully saturated rings. The number of nitrogens with zero attached hydrogens (tertiary/aromatic N) is 1. The number of fused-ring (bicyclic) bond motifs is 1. The number of carbonyl (C=O) groups excluding carboxylic acids is 3. The number of aromatic nitrogens is 1. The second kappa shape index (κ2) is 13.5. The smallest absolute Gasteiger partial charge is 0.407 e. The molecule has 1 aromatic heterocycles. The van der Waals surface area contributed by atoms with E-state index >= 15 is 0 Å².